The third-order valence-electron chi connectivity index (χ3n) is 7.81. The van der Waals surface area contributed by atoms with Gasteiger partial charge < -0.3 is 37.0 Å². The first-order chi connectivity index (χ1) is 20.3. The van der Waals surface area contributed by atoms with Gasteiger partial charge in [-0.1, -0.05) is 29.8 Å². The minimum absolute atomic E-state index is 0.00410. The van der Waals surface area contributed by atoms with Gasteiger partial charge in [-0.2, -0.15) is 19.9 Å². The summed E-state index contributed by atoms with van der Waals surface area (Å²) in [5, 5.41) is 16.1. The van der Waals surface area contributed by atoms with Crippen LogP contribution in [0.15, 0.2) is 36.4 Å². The molecule has 0 radical (unpaired) electrons. The third-order valence-corrected chi connectivity index (χ3v) is 8.18. The number of hydrogen-bond donors (Lipinski definition) is 5. The smallest absolute Gasteiger partial charge is 0.305 e. The highest BCUT2D eigenvalue weighted by atomic mass is 35.5. The molecule has 3 fully saturated rings. The normalized spacial score (nSPS) is 19.8. The molecular formula is C29H39ClN10O2. The minimum atomic E-state index is -0.778. The van der Waals surface area contributed by atoms with Crippen LogP contribution >= 0.6 is 11.6 Å². The summed E-state index contributed by atoms with van der Waals surface area (Å²) < 4.78 is 0. The van der Waals surface area contributed by atoms with Gasteiger partial charge in [0.05, 0.1) is 6.42 Å². The average Bonchev–Trinajstić information content (AvgIpc) is 3.44. The van der Waals surface area contributed by atoms with Gasteiger partial charge in [0, 0.05) is 55.4 Å². The summed E-state index contributed by atoms with van der Waals surface area (Å²) in [6.45, 7) is 1.80. The van der Waals surface area contributed by atoms with E-state index in [1.54, 1.807) is 0 Å². The Bertz CT molecular complexity index is 1390. The highest BCUT2D eigenvalue weighted by Gasteiger charge is 2.29. The van der Waals surface area contributed by atoms with Crippen LogP contribution in [-0.4, -0.2) is 69.3 Å². The van der Waals surface area contributed by atoms with Gasteiger partial charge >= 0.3 is 5.97 Å². The Morgan fingerprint density at radius 2 is 1.52 bits per heavy atom. The zero-order valence-corrected chi connectivity index (χ0v) is 24.6. The van der Waals surface area contributed by atoms with Gasteiger partial charge in [-0.15, -0.1) is 0 Å². The topological polar surface area (TPSA) is 171 Å². The molecule has 1 saturated carbocycles. The monoisotopic (exact) mass is 594 g/mol. The summed E-state index contributed by atoms with van der Waals surface area (Å²) in [7, 11) is 1.83. The fourth-order valence-electron chi connectivity index (χ4n) is 5.66. The summed E-state index contributed by atoms with van der Waals surface area (Å²) in [5.74, 6) is 2.83. The first kappa shape index (κ1) is 29.4. The van der Waals surface area contributed by atoms with E-state index in [2.05, 4.69) is 41.5 Å². The van der Waals surface area contributed by atoms with Crippen molar-refractivity contribution < 1.29 is 9.90 Å². The quantitative estimate of drug-likeness (QED) is 0.241. The van der Waals surface area contributed by atoms with Crippen LogP contribution in [0, 0.1) is 0 Å². The fraction of sp³-hybridized carbons (Fsp3) is 0.483. The Morgan fingerprint density at radius 3 is 2.14 bits per heavy atom. The summed E-state index contributed by atoms with van der Waals surface area (Å²) >= 11 is 6.30. The molecule has 1 aromatic carbocycles. The van der Waals surface area contributed by atoms with E-state index in [0.717, 1.165) is 86.3 Å². The molecule has 6 rings (SSSR count). The van der Waals surface area contributed by atoms with Crippen LogP contribution in [0.4, 0.5) is 35.2 Å². The second kappa shape index (κ2) is 13.3. The molecule has 0 amide bonds. The van der Waals surface area contributed by atoms with Crippen molar-refractivity contribution in [2.45, 2.75) is 69.5 Å². The van der Waals surface area contributed by atoms with E-state index in [-0.39, 0.29) is 18.4 Å². The first-order valence-electron chi connectivity index (χ1n) is 14.5. The fourth-order valence-corrected chi connectivity index (χ4v) is 5.87. The highest BCUT2D eigenvalue weighted by molar-refractivity contribution is 6.31. The lowest BCUT2D eigenvalue weighted by Gasteiger charge is -2.26. The standard InChI is InChI=1S/C16H20ClN5.C13H19N5O2/c1-19-14-10-15(21-16(18)20-14)22-8-4-6-12(22)9-11-5-2-3-7-13(11)17;14-13-16-10(15-8-3-4-8)7-11(17-13)18-5-1-2-9(18)6-12(19)20/h2-3,5,7,10,12H,4,6,8-9H2,1H3,(H3,18,19,20,21);7-9H,1-6H2,(H,19,20)(H3,14,15,16,17). The van der Waals surface area contributed by atoms with Crippen LogP contribution in [0.1, 0.15) is 50.5 Å². The molecule has 2 atom stereocenters. The Kier molecular flexibility index (Phi) is 9.31. The van der Waals surface area contributed by atoms with Crippen molar-refractivity contribution in [2.24, 2.45) is 0 Å². The molecule has 3 aliphatic rings. The predicted molar refractivity (Wildman–Crippen MR) is 167 cm³/mol. The Balaban J connectivity index is 0.000000169. The molecule has 13 heteroatoms. The van der Waals surface area contributed by atoms with Gasteiger partial charge in [0.1, 0.15) is 23.3 Å². The number of halogens is 1. The van der Waals surface area contributed by atoms with Crippen LogP contribution in [-0.2, 0) is 11.2 Å². The van der Waals surface area contributed by atoms with Crippen LogP contribution in [0.25, 0.3) is 0 Å². The number of hydrogen-bond acceptors (Lipinski definition) is 11. The summed E-state index contributed by atoms with van der Waals surface area (Å²) in [6, 6.07) is 12.7. The molecular weight excluding hydrogens is 556 g/mol. The number of rotatable bonds is 9. The zero-order chi connectivity index (χ0) is 29.6. The maximum Gasteiger partial charge on any atom is 0.305 e. The molecule has 1 aliphatic carbocycles. The molecule has 12 nitrogen and oxygen atoms in total. The molecule has 0 spiro atoms. The number of nitrogens with two attached hydrogens (primary N) is 2. The first-order valence-corrected chi connectivity index (χ1v) is 14.9. The van der Waals surface area contributed by atoms with E-state index in [0.29, 0.717) is 18.0 Å². The van der Waals surface area contributed by atoms with Crippen molar-refractivity contribution in [2.75, 3.05) is 52.0 Å². The number of anilines is 6. The molecule has 2 saturated heterocycles. The number of nitrogens with one attached hydrogen (secondary N) is 2. The molecule has 42 heavy (non-hydrogen) atoms. The van der Waals surface area contributed by atoms with Gasteiger partial charge in [0.2, 0.25) is 11.9 Å². The Morgan fingerprint density at radius 1 is 0.929 bits per heavy atom. The average molecular weight is 595 g/mol. The number of aliphatic carboxylic acids is 1. The maximum atomic E-state index is 10.9. The second-order valence-electron chi connectivity index (χ2n) is 11.0. The summed E-state index contributed by atoms with van der Waals surface area (Å²) in [6.07, 6.45) is 7.50. The predicted octanol–water partition coefficient (Wildman–Crippen LogP) is 4.04. The molecule has 4 heterocycles. The molecule has 2 unspecified atom stereocenters. The number of benzene rings is 1. The largest absolute Gasteiger partial charge is 0.481 e. The maximum absolute atomic E-state index is 10.9. The van der Waals surface area contributed by atoms with E-state index in [1.165, 1.54) is 5.56 Å². The molecule has 0 bridgehead atoms. The number of aromatic nitrogens is 4. The van der Waals surface area contributed by atoms with Gasteiger partial charge in [0.15, 0.2) is 0 Å². The molecule has 224 valence electrons. The van der Waals surface area contributed by atoms with Crippen molar-refractivity contribution >= 4 is 52.7 Å². The number of carboxylic acids is 1. The van der Waals surface area contributed by atoms with Gasteiger partial charge in [-0.3, -0.25) is 4.79 Å². The SMILES string of the molecule is CNc1cc(N2CCCC2Cc2ccccc2Cl)nc(N)n1.Nc1nc(NC2CC2)cc(N2CCCC2CC(=O)O)n1. The van der Waals surface area contributed by atoms with Crippen LogP contribution < -0.4 is 31.9 Å². The van der Waals surface area contributed by atoms with Gasteiger partial charge in [-0.25, -0.2) is 0 Å². The number of carboxylic acid groups (broad SMARTS) is 1. The molecule has 2 aliphatic heterocycles. The van der Waals surface area contributed by atoms with E-state index < -0.39 is 5.97 Å². The highest BCUT2D eigenvalue weighted by Crippen LogP contribution is 2.31. The lowest BCUT2D eigenvalue weighted by atomic mass is 10.0. The van der Waals surface area contributed by atoms with Crippen molar-refractivity contribution in [3.8, 4) is 0 Å². The number of carbonyl (C=O) groups is 1. The Labute approximate surface area is 250 Å². The van der Waals surface area contributed by atoms with Crippen molar-refractivity contribution in [1.82, 2.24) is 19.9 Å². The van der Waals surface area contributed by atoms with Gasteiger partial charge in [-0.05, 0) is 56.6 Å². The van der Waals surface area contributed by atoms with E-state index in [4.69, 9.17) is 28.2 Å². The molecule has 7 N–H and O–H groups in total. The van der Waals surface area contributed by atoms with Crippen molar-refractivity contribution in [3.63, 3.8) is 0 Å². The Hall–Kier alpha value is -4.06. The summed E-state index contributed by atoms with van der Waals surface area (Å²) in [5.41, 5.74) is 12.8. The number of nitrogen functional groups attached to an aromatic ring is 2. The lowest BCUT2D eigenvalue weighted by Crippen LogP contribution is -2.32. The van der Waals surface area contributed by atoms with Crippen LogP contribution in [0.5, 0.6) is 0 Å². The molecule has 3 aromatic rings. The zero-order valence-electron chi connectivity index (χ0n) is 23.8. The summed E-state index contributed by atoms with van der Waals surface area (Å²) in [4.78, 5) is 32.3. The van der Waals surface area contributed by atoms with E-state index in [1.807, 2.05) is 42.3 Å². The second-order valence-corrected chi connectivity index (χ2v) is 11.4. The number of nitrogens with zero attached hydrogens (tertiary/aromatic N) is 6. The van der Waals surface area contributed by atoms with Gasteiger partial charge in [0.25, 0.3) is 0 Å². The van der Waals surface area contributed by atoms with Crippen LogP contribution in [0.2, 0.25) is 5.02 Å². The van der Waals surface area contributed by atoms with Crippen molar-refractivity contribution in [3.05, 3.63) is 47.0 Å². The third kappa shape index (κ3) is 7.61. The molecule has 2 aromatic heterocycles. The minimum Gasteiger partial charge on any atom is -0.481 e. The van der Waals surface area contributed by atoms with E-state index >= 15 is 0 Å². The van der Waals surface area contributed by atoms with E-state index in [9.17, 15) is 4.79 Å². The van der Waals surface area contributed by atoms with Crippen molar-refractivity contribution in [1.29, 1.82) is 0 Å². The van der Waals surface area contributed by atoms with Crippen LogP contribution in [0.3, 0.4) is 0 Å². The lowest BCUT2D eigenvalue weighted by molar-refractivity contribution is -0.137.